The van der Waals surface area contributed by atoms with E-state index in [0.717, 1.165) is 6.54 Å². The molecule has 12 heavy (non-hydrogen) atoms. The molecule has 0 amide bonds. The van der Waals surface area contributed by atoms with Gasteiger partial charge in [-0.3, -0.25) is 0 Å². The maximum atomic E-state index is 3.77. The van der Waals surface area contributed by atoms with Crippen LogP contribution in [0, 0.1) is 6.92 Å². The van der Waals surface area contributed by atoms with Crippen molar-refractivity contribution >= 4 is 6.08 Å². The van der Waals surface area contributed by atoms with E-state index in [2.05, 4.69) is 37.0 Å². The zero-order chi connectivity index (χ0) is 8.97. The third-order valence-corrected chi connectivity index (χ3v) is 1.94. The first-order chi connectivity index (χ1) is 5.77. The second-order valence-electron chi connectivity index (χ2n) is 2.93. The van der Waals surface area contributed by atoms with Gasteiger partial charge >= 0.3 is 0 Å². The number of hydrogen-bond acceptors (Lipinski definition) is 1. The van der Waals surface area contributed by atoms with Crippen LogP contribution in [-0.2, 0) is 6.54 Å². The Bertz CT molecular complexity index is 276. The Hall–Kier alpha value is -1.08. The summed E-state index contributed by atoms with van der Waals surface area (Å²) in [5, 5.41) is 3.12. The fourth-order valence-corrected chi connectivity index (χ4v) is 1.22. The van der Waals surface area contributed by atoms with Crippen LogP contribution >= 0.6 is 0 Å². The Labute approximate surface area is 74.1 Å². The second kappa shape index (κ2) is 4.07. The predicted molar refractivity (Wildman–Crippen MR) is 54.0 cm³/mol. The molecule has 1 rings (SSSR count). The molecular weight excluding hydrogens is 146 g/mol. The molecule has 0 radical (unpaired) electrons. The molecule has 0 fully saturated rings. The standard InChI is InChI=1S/C11H15N/c1-4-11-7-10(8-12-3)6-5-9(11)2/h4-7,12H,1,8H2,2-3H3. The second-order valence-corrected chi connectivity index (χ2v) is 2.93. The topological polar surface area (TPSA) is 12.0 Å². The summed E-state index contributed by atoms with van der Waals surface area (Å²) in [6, 6.07) is 6.43. The summed E-state index contributed by atoms with van der Waals surface area (Å²) in [5.41, 5.74) is 3.81. The third-order valence-electron chi connectivity index (χ3n) is 1.94. The predicted octanol–water partition coefficient (Wildman–Crippen LogP) is 2.36. The molecule has 0 saturated carbocycles. The maximum Gasteiger partial charge on any atom is 0.0202 e. The first kappa shape index (κ1) is 9.01. The van der Waals surface area contributed by atoms with E-state index >= 15 is 0 Å². The Morgan fingerprint density at radius 1 is 1.50 bits per heavy atom. The van der Waals surface area contributed by atoms with E-state index < -0.39 is 0 Å². The van der Waals surface area contributed by atoms with Crippen LogP contribution in [-0.4, -0.2) is 7.05 Å². The minimum absolute atomic E-state index is 0.918. The average molecular weight is 161 g/mol. The minimum Gasteiger partial charge on any atom is -0.316 e. The smallest absolute Gasteiger partial charge is 0.0202 e. The molecular formula is C11H15N. The molecule has 0 aliphatic carbocycles. The van der Waals surface area contributed by atoms with Crippen LogP contribution in [0.3, 0.4) is 0 Å². The van der Waals surface area contributed by atoms with E-state index in [1.54, 1.807) is 0 Å². The van der Waals surface area contributed by atoms with Crippen LogP contribution in [0.2, 0.25) is 0 Å². The van der Waals surface area contributed by atoms with E-state index in [0.29, 0.717) is 0 Å². The molecule has 0 aliphatic rings. The summed E-state index contributed by atoms with van der Waals surface area (Å²) in [7, 11) is 1.95. The highest BCUT2D eigenvalue weighted by molar-refractivity contribution is 5.52. The highest BCUT2D eigenvalue weighted by Crippen LogP contribution is 2.11. The molecule has 0 unspecified atom stereocenters. The first-order valence-corrected chi connectivity index (χ1v) is 4.14. The van der Waals surface area contributed by atoms with Crippen molar-refractivity contribution in [2.45, 2.75) is 13.5 Å². The molecule has 0 atom stereocenters. The molecule has 1 heteroatoms. The fraction of sp³-hybridized carbons (Fsp3) is 0.273. The molecule has 0 bridgehead atoms. The van der Waals surface area contributed by atoms with Crippen molar-refractivity contribution in [1.82, 2.24) is 5.32 Å². The number of benzene rings is 1. The molecule has 1 aromatic rings. The lowest BCUT2D eigenvalue weighted by Gasteiger charge is -2.04. The lowest BCUT2D eigenvalue weighted by molar-refractivity contribution is 0.817. The molecule has 0 saturated heterocycles. The van der Waals surface area contributed by atoms with Gasteiger partial charge in [-0.15, -0.1) is 0 Å². The molecule has 1 N–H and O–H groups in total. The van der Waals surface area contributed by atoms with Crippen LogP contribution in [0.15, 0.2) is 24.8 Å². The van der Waals surface area contributed by atoms with Crippen LogP contribution < -0.4 is 5.32 Å². The summed E-state index contributed by atoms with van der Waals surface area (Å²) in [5.74, 6) is 0. The quantitative estimate of drug-likeness (QED) is 0.717. The number of aryl methyl sites for hydroxylation is 1. The van der Waals surface area contributed by atoms with E-state index in [9.17, 15) is 0 Å². The largest absolute Gasteiger partial charge is 0.316 e. The van der Waals surface area contributed by atoms with Gasteiger partial charge in [-0.1, -0.05) is 30.9 Å². The van der Waals surface area contributed by atoms with E-state index in [1.807, 2.05) is 13.1 Å². The van der Waals surface area contributed by atoms with Gasteiger partial charge in [0.05, 0.1) is 0 Å². The Kier molecular flexibility index (Phi) is 3.06. The van der Waals surface area contributed by atoms with Crippen molar-refractivity contribution in [2.75, 3.05) is 7.05 Å². The number of nitrogens with one attached hydrogen (secondary N) is 1. The zero-order valence-corrected chi connectivity index (χ0v) is 7.72. The average Bonchev–Trinajstić information content (AvgIpc) is 2.09. The number of hydrogen-bond donors (Lipinski definition) is 1. The highest BCUT2D eigenvalue weighted by atomic mass is 14.8. The summed E-state index contributed by atoms with van der Waals surface area (Å²) < 4.78 is 0. The summed E-state index contributed by atoms with van der Waals surface area (Å²) in [6.45, 7) is 6.79. The normalized spacial score (nSPS) is 9.83. The van der Waals surface area contributed by atoms with Gasteiger partial charge in [0.1, 0.15) is 0 Å². The van der Waals surface area contributed by atoms with Crippen LogP contribution in [0.25, 0.3) is 6.08 Å². The Morgan fingerprint density at radius 3 is 2.83 bits per heavy atom. The summed E-state index contributed by atoms with van der Waals surface area (Å²) >= 11 is 0. The van der Waals surface area contributed by atoms with Crippen LogP contribution in [0.5, 0.6) is 0 Å². The van der Waals surface area contributed by atoms with Gasteiger partial charge in [0.15, 0.2) is 0 Å². The van der Waals surface area contributed by atoms with Crippen molar-refractivity contribution in [3.8, 4) is 0 Å². The van der Waals surface area contributed by atoms with Gasteiger partial charge in [-0.2, -0.15) is 0 Å². The molecule has 0 aromatic heterocycles. The van der Waals surface area contributed by atoms with E-state index in [-0.39, 0.29) is 0 Å². The van der Waals surface area contributed by atoms with Crippen LogP contribution in [0.4, 0.5) is 0 Å². The molecule has 64 valence electrons. The highest BCUT2D eigenvalue weighted by Gasteiger charge is 1.95. The van der Waals surface area contributed by atoms with Crippen molar-refractivity contribution in [2.24, 2.45) is 0 Å². The summed E-state index contributed by atoms with van der Waals surface area (Å²) in [6.07, 6.45) is 1.90. The van der Waals surface area contributed by atoms with Crippen molar-refractivity contribution in [1.29, 1.82) is 0 Å². The Balaban J connectivity index is 2.96. The Morgan fingerprint density at radius 2 is 2.25 bits per heavy atom. The van der Waals surface area contributed by atoms with Crippen molar-refractivity contribution in [3.63, 3.8) is 0 Å². The molecule has 1 aromatic carbocycles. The lowest BCUT2D eigenvalue weighted by Crippen LogP contribution is -2.05. The zero-order valence-electron chi connectivity index (χ0n) is 7.72. The number of rotatable bonds is 3. The van der Waals surface area contributed by atoms with Crippen molar-refractivity contribution in [3.05, 3.63) is 41.5 Å². The SMILES string of the molecule is C=Cc1cc(CNC)ccc1C. The lowest BCUT2D eigenvalue weighted by atomic mass is 10.1. The van der Waals surface area contributed by atoms with Gasteiger partial charge in [0, 0.05) is 6.54 Å². The van der Waals surface area contributed by atoms with Crippen molar-refractivity contribution < 1.29 is 0 Å². The van der Waals surface area contributed by atoms with Gasteiger partial charge < -0.3 is 5.32 Å². The van der Waals surface area contributed by atoms with E-state index in [1.165, 1.54) is 16.7 Å². The van der Waals surface area contributed by atoms with Gasteiger partial charge in [0.2, 0.25) is 0 Å². The fourth-order valence-electron chi connectivity index (χ4n) is 1.22. The molecule has 0 spiro atoms. The molecule has 0 heterocycles. The van der Waals surface area contributed by atoms with E-state index in [4.69, 9.17) is 0 Å². The van der Waals surface area contributed by atoms with Crippen LogP contribution in [0.1, 0.15) is 16.7 Å². The first-order valence-electron chi connectivity index (χ1n) is 4.14. The summed E-state index contributed by atoms with van der Waals surface area (Å²) in [4.78, 5) is 0. The maximum absolute atomic E-state index is 3.77. The molecule has 1 nitrogen and oxygen atoms in total. The molecule has 0 aliphatic heterocycles. The third kappa shape index (κ3) is 1.95. The van der Waals surface area contributed by atoms with Gasteiger partial charge in [-0.05, 0) is 30.7 Å². The monoisotopic (exact) mass is 161 g/mol. The van der Waals surface area contributed by atoms with Gasteiger partial charge in [-0.25, -0.2) is 0 Å². The van der Waals surface area contributed by atoms with Gasteiger partial charge in [0.25, 0.3) is 0 Å². The minimum atomic E-state index is 0.918.